The van der Waals surface area contributed by atoms with Crippen LogP contribution in [-0.4, -0.2) is 54.2 Å². The van der Waals surface area contributed by atoms with E-state index in [-0.39, 0.29) is 35.4 Å². The normalized spacial score (nSPS) is 19.3. The Hall–Kier alpha value is 0.280. The molecule has 0 spiro atoms. The summed E-state index contributed by atoms with van der Waals surface area (Å²) >= 11 is 2.00. The van der Waals surface area contributed by atoms with Crippen molar-refractivity contribution >= 4 is 41.7 Å². The number of hydrogen-bond acceptors (Lipinski definition) is 2. The lowest BCUT2D eigenvalue weighted by Gasteiger charge is -2.39. The molecule has 0 saturated carbocycles. The van der Waals surface area contributed by atoms with E-state index in [0.717, 1.165) is 31.3 Å². The van der Waals surface area contributed by atoms with Crippen molar-refractivity contribution < 1.29 is 4.39 Å². The number of halogens is 2. The largest absolute Gasteiger partial charge is 0.357 e. The monoisotopic (exact) mass is 389 g/mol. The Kier molecular flexibility index (Phi) is 9.37. The standard InChI is InChI=1S/C12H24FN3S.HI/c1-4-14-11(15-7-5-6-13)16-8-9-17-12(2,3)10-16;/h4-10H2,1-3H3,(H,14,15);1H. The average Bonchev–Trinajstić information content (AvgIpc) is 2.27. The molecule has 1 heterocycles. The predicted octanol–water partition coefficient (Wildman–Crippen LogP) is 2.76. The Morgan fingerprint density at radius 2 is 2.22 bits per heavy atom. The highest BCUT2D eigenvalue weighted by Crippen LogP contribution is 2.29. The molecule has 18 heavy (non-hydrogen) atoms. The van der Waals surface area contributed by atoms with Gasteiger partial charge in [0, 0.05) is 36.7 Å². The number of nitrogens with zero attached hydrogens (tertiary/aromatic N) is 2. The Labute approximate surface area is 131 Å². The van der Waals surface area contributed by atoms with Gasteiger partial charge in [-0.15, -0.1) is 24.0 Å². The van der Waals surface area contributed by atoms with Crippen LogP contribution in [0.25, 0.3) is 0 Å². The number of nitrogens with one attached hydrogen (secondary N) is 1. The Bertz CT molecular complexity index is 262. The van der Waals surface area contributed by atoms with E-state index in [9.17, 15) is 4.39 Å². The smallest absolute Gasteiger partial charge is 0.193 e. The minimum absolute atomic E-state index is 0. The van der Waals surface area contributed by atoms with E-state index in [4.69, 9.17) is 0 Å². The molecule has 0 radical (unpaired) electrons. The van der Waals surface area contributed by atoms with Crippen molar-refractivity contribution in [2.75, 3.05) is 38.6 Å². The first-order valence-corrected chi connectivity index (χ1v) is 7.31. The van der Waals surface area contributed by atoms with E-state index >= 15 is 0 Å². The van der Waals surface area contributed by atoms with Crippen molar-refractivity contribution in [3.63, 3.8) is 0 Å². The Morgan fingerprint density at radius 1 is 1.50 bits per heavy atom. The molecular formula is C12H25FIN3S. The zero-order valence-corrected chi connectivity index (χ0v) is 14.7. The molecule has 6 heteroatoms. The highest BCUT2D eigenvalue weighted by Gasteiger charge is 2.28. The van der Waals surface area contributed by atoms with Gasteiger partial charge in [-0.2, -0.15) is 11.8 Å². The second-order valence-electron chi connectivity index (χ2n) is 4.81. The molecule has 1 rings (SSSR count). The molecule has 0 unspecified atom stereocenters. The summed E-state index contributed by atoms with van der Waals surface area (Å²) in [7, 11) is 0. The van der Waals surface area contributed by atoms with Crippen molar-refractivity contribution in [1.82, 2.24) is 10.2 Å². The number of rotatable bonds is 4. The van der Waals surface area contributed by atoms with E-state index in [2.05, 4.69) is 36.0 Å². The van der Waals surface area contributed by atoms with E-state index in [1.54, 1.807) is 0 Å². The quantitative estimate of drug-likeness (QED) is 0.347. The summed E-state index contributed by atoms with van der Waals surface area (Å²) in [4.78, 5) is 6.76. The van der Waals surface area contributed by atoms with Crippen LogP contribution in [0.1, 0.15) is 27.2 Å². The SMILES string of the molecule is CCNC(=NCCCF)N1CCSC(C)(C)C1.I. The van der Waals surface area contributed by atoms with Crippen LogP contribution in [-0.2, 0) is 0 Å². The predicted molar refractivity (Wildman–Crippen MR) is 90.1 cm³/mol. The number of thioether (sulfide) groups is 1. The zero-order valence-electron chi connectivity index (χ0n) is 11.5. The second-order valence-corrected chi connectivity index (χ2v) is 6.61. The summed E-state index contributed by atoms with van der Waals surface area (Å²) < 4.78 is 12.4. The molecule has 1 saturated heterocycles. The summed E-state index contributed by atoms with van der Waals surface area (Å²) in [5.74, 6) is 2.06. The molecule has 0 aromatic carbocycles. The van der Waals surface area contributed by atoms with Crippen molar-refractivity contribution in [2.45, 2.75) is 31.9 Å². The van der Waals surface area contributed by atoms with Crippen LogP contribution in [0, 0.1) is 0 Å². The van der Waals surface area contributed by atoms with E-state index in [1.807, 2.05) is 11.8 Å². The van der Waals surface area contributed by atoms with Gasteiger partial charge in [0.05, 0.1) is 6.67 Å². The van der Waals surface area contributed by atoms with Crippen LogP contribution in [0.4, 0.5) is 4.39 Å². The highest BCUT2D eigenvalue weighted by atomic mass is 127. The van der Waals surface area contributed by atoms with Gasteiger partial charge in [0.2, 0.25) is 0 Å². The number of hydrogen-bond donors (Lipinski definition) is 1. The summed E-state index contributed by atoms with van der Waals surface area (Å²) in [6.07, 6.45) is 0.515. The maximum Gasteiger partial charge on any atom is 0.193 e. The fraction of sp³-hybridized carbons (Fsp3) is 0.917. The van der Waals surface area contributed by atoms with E-state index in [1.165, 1.54) is 0 Å². The summed E-state index contributed by atoms with van der Waals surface area (Å²) in [5.41, 5.74) is 0. The van der Waals surface area contributed by atoms with Gasteiger partial charge in [0.15, 0.2) is 5.96 Å². The third kappa shape index (κ3) is 6.45. The zero-order chi connectivity index (χ0) is 12.7. The first-order valence-electron chi connectivity index (χ1n) is 6.32. The molecule has 0 atom stereocenters. The van der Waals surface area contributed by atoms with E-state index in [0.29, 0.717) is 13.0 Å². The van der Waals surface area contributed by atoms with Gasteiger partial charge >= 0.3 is 0 Å². The summed E-state index contributed by atoms with van der Waals surface area (Å²) in [5, 5.41) is 3.29. The highest BCUT2D eigenvalue weighted by molar-refractivity contribution is 14.0. The molecule has 1 aliphatic rings. The van der Waals surface area contributed by atoms with Crippen LogP contribution in [0.5, 0.6) is 0 Å². The van der Waals surface area contributed by atoms with Crippen LogP contribution < -0.4 is 5.32 Å². The lowest BCUT2D eigenvalue weighted by atomic mass is 10.2. The van der Waals surface area contributed by atoms with Crippen molar-refractivity contribution in [1.29, 1.82) is 0 Å². The van der Waals surface area contributed by atoms with Crippen molar-refractivity contribution in [3.05, 3.63) is 0 Å². The topological polar surface area (TPSA) is 27.6 Å². The minimum Gasteiger partial charge on any atom is -0.357 e. The lowest BCUT2D eigenvalue weighted by molar-refractivity contribution is 0.375. The van der Waals surface area contributed by atoms with Crippen LogP contribution in [0.3, 0.4) is 0 Å². The minimum atomic E-state index is -0.287. The molecule has 3 nitrogen and oxygen atoms in total. The lowest BCUT2D eigenvalue weighted by Crippen LogP contribution is -2.51. The summed E-state index contributed by atoms with van der Waals surface area (Å²) in [6, 6.07) is 0. The molecule has 0 aromatic heterocycles. The van der Waals surface area contributed by atoms with Crippen molar-refractivity contribution in [3.8, 4) is 0 Å². The number of alkyl halides is 1. The third-order valence-electron chi connectivity index (χ3n) is 2.61. The molecule has 108 valence electrons. The third-order valence-corrected chi connectivity index (χ3v) is 3.91. The molecule has 1 N–H and O–H groups in total. The van der Waals surface area contributed by atoms with E-state index < -0.39 is 0 Å². The number of guanidine groups is 1. The second kappa shape index (κ2) is 9.23. The molecule has 0 aliphatic carbocycles. The maximum atomic E-state index is 12.1. The molecule has 0 aromatic rings. The van der Waals surface area contributed by atoms with Gasteiger partial charge < -0.3 is 10.2 Å². The molecule has 1 aliphatic heterocycles. The van der Waals surface area contributed by atoms with Crippen molar-refractivity contribution in [2.24, 2.45) is 4.99 Å². The molecular weight excluding hydrogens is 364 g/mol. The maximum absolute atomic E-state index is 12.1. The Morgan fingerprint density at radius 3 is 2.78 bits per heavy atom. The fourth-order valence-electron chi connectivity index (χ4n) is 1.87. The first-order chi connectivity index (χ1) is 8.09. The molecule has 0 bridgehead atoms. The fourth-order valence-corrected chi connectivity index (χ4v) is 2.98. The molecule has 0 amide bonds. The Balaban J connectivity index is 0.00000289. The first kappa shape index (κ1) is 18.3. The molecule has 1 fully saturated rings. The van der Waals surface area contributed by atoms with Crippen LogP contribution >= 0.6 is 35.7 Å². The van der Waals surface area contributed by atoms with Gasteiger partial charge in [-0.25, -0.2) is 0 Å². The van der Waals surface area contributed by atoms with Crippen LogP contribution in [0.2, 0.25) is 0 Å². The van der Waals surface area contributed by atoms with Gasteiger partial charge in [-0.05, 0) is 27.2 Å². The summed E-state index contributed by atoms with van der Waals surface area (Å²) in [6.45, 7) is 9.75. The van der Waals surface area contributed by atoms with Gasteiger partial charge in [0.25, 0.3) is 0 Å². The average molecular weight is 389 g/mol. The van der Waals surface area contributed by atoms with Crippen LogP contribution in [0.15, 0.2) is 4.99 Å². The number of aliphatic imine (C=N–C) groups is 1. The van der Waals surface area contributed by atoms with Gasteiger partial charge in [-0.1, -0.05) is 0 Å². The van der Waals surface area contributed by atoms with Gasteiger partial charge in [-0.3, -0.25) is 9.38 Å². The van der Waals surface area contributed by atoms with Gasteiger partial charge in [0.1, 0.15) is 0 Å².